The minimum absolute atomic E-state index is 0.0750. The molecule has 108 valence electrons. The largest absolute Gasteiger partial charge is 0.397 e. The number of nitrogens with zero attached hydrogens (tertiary/aromatic N) is 1. The number of hydrogen-bond acceptors (Lipinski definition) is 5. The fraction of sp³-hybridized carbons (Fsp3) is 0.308. The van der Waals surface area contributed by atoms with Gasteiger partial charge in [0.05, 0.1) is 11.4 Å². The number of nitrogen functional groups attached to an aromatic ring is 1. The molecule has 0 spiro atoms. The molecule has 0 saturated heterocycles. The zero-order valence-electron chi connectivity index (χ0n) is 11.8. The van der Waals surface area contributed by atoms with Crippen molar-refractivity contribution >= 4 is 21.6 Å². The summed E-state index contributed by atoms with van der Waals surface area (Å²) in [6.45, 7) is 6.93. The summed E-state index contributed by atoms with van der Waals surface area (Å²) in [5.74, 6) is 0.114. The van der Waals surface area contributed by atoms with Gasteiger partial charge in [0.1, 0.15) is 4.90 Å². The van der Waals surface area contributed by atoms with Gasteiger partial charge in [-0.2, -0.15) is 0 Å². The summed E-state index contributed by atoms with van der Waals surface area (Å²) in [5, 5.41) is 3.72. The van der Waals surface area contributed by atoms with E-state index in [0.717, 1.165) is 0 Å². The Morgan fingerprint density at radius 1 is 1.15 bits per heavy atom. The first kappa shape index (κ1) is 14.4. The normalized spacial score (nSPS) is 11.6. The molecular formula is C13H17N3O3S. The van der Waals surface area contributed by atoms with Crippen molar-refractivity contribution in [3.05, 3.63) is 34.5 Å². The van der Waals surface area contributed by atoms with Gasteiger partial charge in [0, 0.05) is 5.56 Å². The second-order valence-electron chi connectivity index (χ2n) is 4.77. The first-order valence-corrected chi connectivity index (χ1v) is 7.53. The van der Waals surface area contributed by atoms with E-state index in [1.165, 1.54) is 0 Å². The molecule has 0 aliphatic rings. The second kappa shape index (κ2) is 4.82. The number of nitrogens with two attached hydrogens (primary N) is 1. The van der Waals surface area contributed by atoms with Crippen LogP contribution >= 0.6 is 0 Å². The number of hydrogen-bond donors (Lipinski definition) is 2. The monoisotopic (exact) mass is 295 g/mol. The van der Waals surface area contributed by atoms with E-state index in [1.54, 1.807) is 39.8 Å². The predicted molar refractivity (Wildman–Crippen MR) is 77.1 cm³/mol. The fourth-order valence-corrected chi connectivity index (χ4v) is 3.33. The second-order valence-corrected chi connectivity index (χ2v) is 6.39. The molecule has 0 radical (unpaired) electrons. The summed E-state index contributed by atoms with van der Waals surface area (Å²) in [6, 6.07) is 3.51. The molecule has 20 heavy (non-hydrogen) atoms. The Morgan fingerprint density at radius 3 is 2.30 bits per heavy atom. The van der Waals surface area contributed by atoms with Crippen molar-refractivity contribution in [3.63, 3.8) is 0 Å². The van der Waals surface area contributed by atoms with Gasteiger partial charge in [0.25, 0.3) is 10.0 Å². The summed E-state index contributed by atoms with van der Waals surface area (Å²) in [5.41, 5.74) is 8.72. The van der Waals surface area contributed by atoms with E-state index < -0.39 is 10.0 Å². The van der Waals surface area contributed by atoms with Crippen LogP contribution in [0.1, 0.15) is 22.4 Å². The lowest BCUT2D eigenvalue weighted by molar-refractivity contribution is 0.430. The van der Waals surface area contributed by atoms with E-state index in [9.17, 15) is 8.42 Å². The van der Waals surface area contributed by atoms with Crippen LogP contribution in [0.15, 0.2) is 21.6 Å². The minimum Gasteiger partial charge on any atom is -0.397 e. The fourth-order valence-electron chi connectivity index (χ4n) is 1.85. The Balaban J connectivity index is 2.52. The van der Waals surface area contributed by atoms with Gasteiger partial charge in [0.2, 0.25) is 5.88 Å². The van der Waals surface area contributed by atoms with Gasteiger partial charge in [-0.3, -0.25) is 0 Å². The number of aromatic nitrogens is 1. The molecule has 1 aromatic carbocycles. The highest BCUT2D eigenvalue weighted by molar-refractivity contribution is 7.93. The number of sulfonamides is 1. The molecule has 1 heterocycles. The van der Waals surface area contributed by atoms with Crippen molar-refractivity contribution < 1.29 is 12.9 Å². The molecule has 2 rings (SSSR count). The van der Waals surface area contributed by atoms with Gasteiger partial charge in [-0.25, -0.2) is 13.1 Å². The van der Waals surface area contributed by atoms with Crippen molar-refractivity contribution in [2.24, 2.45) is 0 Å². The third-order valence-electron chi connectivity index (χ3n) is 3.26. The molecule has 0 aliphatic carbocycles. The summed E-state index contributed by atoms with van der Waals surface area (Å²) < 4.78 is 32.3. The summed E-state index contributed by atoms with van der Waals surface area (Å²) >= 11 is 0. The van der Waals surface area contributed by atoms with Crippen LogP contribution in [0.4, 0.5) is 11.6 Å². The summed E-state index contributed by atoms with van der Waals surface area (Å²) in [7, 11) is -3.82. The Labute approximate surface area is 118 Å². The highest BCUT2D eigenvalue weighted by atomic mass is 32.2. The maximum Gasteiger partial charge on any atom is 0.266 e. The van der Waals surface area contributed by atoms with Gasteiger partial charge >= 0.3 is 0 Å². The Morgan fingerprint density at radius 2 is 1.75 bits per heavy atom. The van der Waals surface area contributed by atoms with E-state index in [2.05, 4.69) is 9.88 Å². The van der Waals surface area contributed by atoms with Crippen LogP contribution in [0.25, 0.3) is 0 Å². The first-order valence-electron chi connectivity index (χ1n) is 6.05. The molecule has 7 heteroatoms. The summed E-state index contributed by atoms with van der Waals surface area (Å²) in [6.07, 6.45) is 0. The Bertz CT molecular complexity index is 763. The van der Waals surface area contributed by atoms with E-state index in [-0.39, 0.29) is 16.5 Å². The van der Waals surface area contributed by atoms with E-state index in [4.69, 9.17) is 10.3 Å². The zero-order valence-corrected chi connectivity index (χ0v) is 12.6. The molecule has 1 aromatic heterocycles. The highest BCUT2D eigenvalue weighted by Crippen LogP contribution is 2.29. The van der Waals surface area contributed by atoms with Crippen molar-refractivity contribution in [2.75, 3.05) is 10.5 Å². The molecule has 0 fully saturated rings. The van der Waals surface area contributed by atoms with Gasteiger partial charge < -0.3 is 10.3 Å². The molecule has 0 atom stereocenters. The van der Waals surface area contributed by atoms with E-state index >= 15 is 0 Å². The molecule has 3 N–H and O–H groups in total. The molecule has 0 bridgehead atoms. The number of anilines is 2. The maximum absolute atomic E-state index is 12.5. The minimum atomic E-state index is -3.82. The van der Waals surface area contributed by atoms with Crippen LogP contribution in [-0.4, -0.2) is 13.6 Å². The number of aryl methyl sites for hydroxylation is 3. The standard InChI is InChI=1S/C13H17N3O3S/c1-7-5-6-8(2)12(11(7)14)20(17,18)16-13-9(3)10(4)15-19-13/h5-6,16H,14H2,1-4H3. The molecule has 0 amide bonds. The Hall–Kier alpha value is -2.02. The maximum atomic E-state index is 12.5. The lowest BCUT2D eigenvalue weighted by atomic mass is 10.1. The topological polar surface area (TPSA) is 98.2 Å². The van der Waals surface area contributed by atoms with Crippen molar-refractivity contribution in [1.82, 2.24) is 5.16 Å². The molecule has 0 unspecified atom stereocenters. The van der Waals surface area contributed by atoms with Crippen LogP contribution in [0.3, 0.4) is 0 Å². The number of rotatable bonds is 3. The number of benzene rings is 1. The highest BCUT2D eigenvalue weighted by Gasteiger charge is 2.24. The third-order valence-corrected chi connectivity index (χ3v) is 4.80. The molecule has 6 nitrogen and oxygen atoms in total. The lowest BCUT2D eigenvalue weighted by Crippen LogP contribution is -2.17. The summed E-state index contributed by atoms with van der Waals surface area (Å²) in [4.78, 5) is 0.0750. The van der Waals surface area contributed by atoms with Crippen LogP contribution in [0.2, 0.25) is 0 Å². The average molecular weight is 295 g/mol. The number of nitrogens with one attached hydrogen (secondary N) is 1. The van der Waals surface area contributed by atoms with Crippen LogP contribution < -0.4 is 10.5 Å². The van der Waals surface area contributed by atoms with Crippen LogP contribution in [0.5, 0.6) is 0 Å². The smallest absolute Gasteiger partial charge is 0.266 e. The quantitative estimate of drug-likeness (QED) is 0.846. The molecule has 0 saturated carbocycles. The van der Waals surface area contributed by atoms with Crippen molar-refractivity contribution in [1.29, 1.82) is 0 Å². The van der Waals surface area contributed by atoms with E-state index in [1.807, 2.05) is 0 Å². The molecule has 0 aliphatic heterocycles. The van der Waals surface area contributed by atoms with Gasteiger partial charge in [-0.1, -0.05) is 17.3 Å². The predicted octanol–water partition coefficient (Wildman–Crippen LogP) is 2.29. The van der Waals surface area contributed by atoms with Gasteiger partial charge in [0.15, 0.2) is 0 Å². The van der Waals surface area contributed by atoms with Gasteiger partial charge in [-0.15, -0.1) is 0 Å². The average Bonchev–Trinajstić information content (AvgIpc) is 2.65. The first-order chi connectivity index (χ1) is 9.24. The van der Waals surface area contributed by atoms with Crippen LogP contribution in [-0.2, 0) is 10.0 Å². The third kappa shape index (κ3) is 2.36. The molecular weight excluding hydrogens is 278 g/mol. The molecule has 2 aromatic rings. The zero-order chi connectivity index (χ0) is 15.1. The SMILES string of the molecule is Cc1ccc(C)c(S(=O)(=O)Nc2onc(C)c2C)c1N. The van der Waals surface area contributed by atoms with Crippen molar-refractivity contribution in [2.45, 2.75) is 32.6 Å². The lowest BCUT2D eigenvalue weighted by Gasteiger charge is -2.13. The van der Waals surface area contributed by atoms with Crippen molar-refractivity contribution in [3.8, 4) is 0 Å². The van der Waals surface area contributed by atoms with Gasteiger partial charge in [-0.05, 0) is 38.8 Å². The van der Waals surface area contributed by atoms with Crippen LogP contribution in [0, 0.1) is 27.7 Å². The Kier molecular flexibility index (Phi) is 3.47. The van der Waals surface area contributed by atoms with E-state index in [0.29, 0.717) is 22.4 Å².